The maximum absolute atomic E-state index is 14.3. The molecule has 1 N–H and O–H groups in total. The van der Waals surface area contributed by atoms with Gasteiger partial charge in [-0.1, -0.05) is 11.6 Å². The number of alkyl halides is 5. The van der Waals surface area contributed by atoms with Gasteiger partial charge < -0.3 is 19.5 Å². The van der Waals surface area contributed by atoms with Gasteiger partial charge in [0.2, 0.25) is 0 Å². The van der Waals surface area contributed by atoms with Crippen LogP contribution in [-0.4, -0.2) is 62.4 Å². The van der Waals surface area contributed by atoms with Crippen LogP contribution in [0.2, 0.25) is 5.02 Å². The van der Waals surface area contributed by atoms with E-state index in [1.54, 1.807) is 24.3 Å². The van der Waals surface area contributed by atoms with Gasteiger partial charge in [0.05, 0.1) is 24.9 Å². The summed E-state index contributed by atoms with van der Waals surface area (Å²) in [4.78, 5) is 12.0. The second-order valence-electron chi connectivity index (χ2n) is 7.76. The summed E-state index contributed by atoms with van der Waals surface area (Å²) in [7, 11) is 0. The highest BCUT2D eigenvalue weighted by atomic mass is 35.5. The fourth-order valence-electron chi connectivity index (χ4n) is 3.41. The van der Waals surface area contributed by atoms with E-state index in [4.69, 9.17) is 25.8 Å². The van der Waals surface area contributed by atoms with Crippen LogP contribution < -0.4 is 10.1 Å². The average molecular weight is 488 g/mol. The maximum atomic E-state index is 14.3. The Bertz CT molecular complexity index is 750. The first-order chi connectivity index (χ1) is 15.0. The molecule has 0 spiro atoms. The predicted molar refractivity (Wildman–Crippen MR) is 103 cm³/mol. The van der Waals surface area contributed by atoms with Crippen molar-refractivity contribution < 1.29 is 45.7 Å². The molecule has 1 saturated heterocycles. The second kappa shape index (κ2) is 10.5. The first-order valence-electron chi connectivity index (χ1n) is 10.0. The van der Waals surface area contributed by atoms with E-state index in [0.29, 0.717) is 10.8 Å². The van der Waals surface area contributed by atoms with Crippen LogP contribution in [-0.2, 0) is 19.0 Å². The second-order valence-corrected chi connectivity index (χ2v) is 8.19. The molecular weight excluding hydrogens is 465 g/mol. The Morgan fingerprint density at radius 3 is 2.38 bits per heavy atom. The number of hydrogen-bond acceptors (Lipinski definition) is 5. The Balaban J connectivity index is 1.32. The number of carbonyl (C=O) groups excluding carboxylic acids is 1. The molecule has 1 unspecified atom stereocenters. The molecule has 1 aliphatic heterocycles. The number of halogens is 6. The Hall–Kier alpha value is -1.69. The SMILES string of the molecule is O=C(COc1ccc(Cl)cc1)N[C@@H]1CCC(C(F)(F)COC2CC(OC(F)(F)F)C2)OC1. The lowest BCUT2D eigenvalue weighted by Crippen LogP contribution is -2.51. The molecular formula is C20H23ClF5NO5. The molecule has 12 heteroatoms. The monoisotopic (exact) mass is 487 g/mol. The Labute approximate surface area is 186 Å². The van der Waals surface area contributed by atoms with E-state index in [1.807, 2.05) is 0 Å². The smallest absolute Gasteiger partial charge is 0.484 e. The molecule has 1 amide bonds. The first-order valence-corrected chi connectivity index (χ1v) is 10.4. The van der Waals surface area contributed by atoms with E-state index in [1.165, 1.54) is 0 Å². The molecule has 2 atom stereocenters. The van der Waals surface area contributed by atoms with E-state index < -0.39 is 49.2 Å². The molecule has 1 saturated carbocycles. The molecule has 0 bridgehead atoms. The highest BCUT2D eigenvalue weighted by Crippen LogP contribution is 2.35. The topological polar surface area (TPSA) is 66.0 Å². The molecule has 1 aromatic rings. The van der Waals surface area contributed by atoms with E-state index in [9.17, 15) is 26.7 Å². The zero-order valence-corrected chi connectivity index (χ0v) is 17.6. The van der Waals surface area contributed by atoms with Gasteiger partial charge in [-0.25, -0.2) is 8.78 Å². The van der Waals surface area contributed by atoms with Crippen LogP contribution in [0.4, 0.5) is 22.0 Å². The van der Waals surface area contributed by atoms with Crippen LogP contribution in [0.1, 0.15) is 25.7 Å². The van der Waals surface area contributed by atoms with E-state index in [-0.39, 0.29) is 38.9 Å². The Kier molecular flexibility index (Phi) is 8.18. The largest absolute Gasteiger partial charge is 0.522 e. The molecule has 6 nitrogen and oxygen atoms in total. The quantitative estimate of drug-likeness (QED) is 0.531. The van der Waals surface area contributed by atoms with E-state index >= 15 is 0 Å². The van der Waals surface area contributed by atoms with Crippen LogP contribution in [0.5, 0.6) is 5.75 Å². The minimum Gasteiger partial charge on any atom is -0.484 e. The molecule has 2 fully saturated rings. The van der Waals surface area contributed by atoms with Gasteiger partial charge in [0.25, 0.3) is 11.8 Å². The highest BCUT2D eigenvalue weighted by molar-refractivity contribution is 6.30. The van der Waals surface area contributed by atoms with Gasteiger partial charge in [0.15, 0.2) is 6.61 Å². The number of carbonyl (C=O) groups is 1. The average Bonchev–Trinajstić information content (AvgIpc) is 2.69. The van der Waals surface area contributed by atoms with Crippen LogP contribution in [0, 0.1) is 0 Å². The summed E-state index contributed by atoms with van der Waals surface area (Å²) in [5.41, 5.74) is 0. The van der Waals surface area contributed by atoms with Crippen LogP contribution in [0.3, 0.4) is 0 Å². The molecule has 1 heterocycles. The van der Waals surface area contributed by atoms with Gasteiger partial charge >= 0.3 is 6.36 Å². The number of benzene rings is 1. The molecule has 2 aliphatic rings. The van der Waals surface area contributed by atoms with Crippen molar-refractivity contribution in [3.05, 3.63) is 29.3 Å². The number of nitrogens with one attached hydrogen (secondary N) is 1. The summed E-state index contributed by atoms with van der Waals surface area (Å²) in [6.07, 6.45) is -7.83. The molecule has 180 valence electrons. The zero-order chi connectivity index (χ0) is 23.4. The van der Waals surface area contributed by atoms with E-state index in [2.05, 4.69) is 10.1 Å². The van der Waals surface area contributed by atoms with Crippen LogP contribution >= 0.6 is 11.6 Å². The third-order valence-electron chi connectivity index (χ3n) is 5.16. The van der Waals surface area contributed by atoms with Crippen molar-refractivity contribution in [1.29, 1.82) is 0 Å². The van der Waals surface area contributed by atoms with Crippen molar-refractivity contribution >= 4 is 17.5 Å². The first kappa shape index (κ1) is 24.9. The minimum atomic E-state index is -4.75. The lowest BCUT2D eigenvalue weighted by atomic mass is 9.92. The van der Waals surface area contributed by atoms with Crippen molar-refractivity contribution in [2.75, 3.05) is 19.8 Å². The summed E-state index contributed by atoms with van der Waals surface area (Å²) >= 11 is 5.77. The van der Waals surface area contributed by atoms with Gasteiger partial charge in [-0.15, -0.1) is 13.2 Å². The number of amides is 1. The third kappa shape index (κ3) is 7.72. The standard InChI is InChI=1S/C20H23ClF5NO5/c21-12-1-4-14(5-2-12)29-10-18(28)27-13-3-6-17(30-9-13)19(22,23)11-31-15-7-16(8-15)32-20(24,25)26/h1-2,4-5,13,15-17H,3,6-11H2,(H,27,28)/t13-,15?,16?,17?/m1/s1. The summed E-state index contributed by atoms with van der Waals surface area (Å²) in [5.74, 6) is -3.25. The van der Waals surface area contributed by atoms with Gasteiger partial charge in [-0.05, 0) is 37.1 Å². The number of hydrogen-bond donors (Lipinski definition) is 1. The van der Waals surface area contributed by atoms with Crippen LogP contribution in [0.15, 0.2) is 24.3 Å². The normalized spacial score (nSPS) is 26.3. The number of rotatable bonds is 9. The van der Waals surface area contributed by atoms with Gasteiger partial charge in [-0.2, -0.15) is 0 Å². The summed E-state index contributed by atoms with van der Waals surface area (Å²) in [5, 5.41) is 3.20. The van der Waals surface area contributed by atoms with Gasteiger partial charge in [-0.3, -0.25) is 9.53 Å². The Morgan fingerprint density at radius 2 is 1.78 bits per heavy atom. The molecule has 1 aromatic carbocycles. The fraction of sp³-hybridized carbons (Fsp3) is 0.650. The lowest BCUT2D eigenvalue weighted by Gasteiger charge is -2.38. The van der Waals surface area contributed by atoms with E-state index in [0.717, 1.165) is 0 Å². The van der Waals surface area contributed by atoms with Crippen molar-refractivity contribution in [1.82, 2.24) is 5.32 Å². The fourth-order valence-corrected chi connectivity index (χ4v) is 3.53. The Morgan fingerprint density at radius 1 is 1.09 bits per heavy atom. The van der Waals surface area contributed by atoms with Crippen LogP contribution in [0.25, 0.3) is 0 Å². The summed E-state index contributed by atoms with van der Waals surface area (Å²) < 4.78 is 84.3. The van der Waals surface area contributed by atoms with Crippen molar-refractivity contribution in [3.8, 4) is 5.75 Å². The summed E-state index contributed by atoms with van der Waals surface area (Å²) in [6.45, 7) is -1.29. The molecule has 1 aliphatic carbocycles. The van der Waals surface area contributed by atoms with Gasteiger partial charge in [0, 0.05) is 17.9 Å². The van der Waals surface area contributed by atoms with Crippen molar-refractivity contribution in [3.63, 3.8) is 0 Å². The van der Waals surface area contributed by atoms with Crippen molar-refractivity contribution in [2.45, 2.75) is 62.3 Å². The minimum absolute atomic E-state index is 0.0101. The van der Waals surface area contributed by atoms with Gasteiger partial charge in [0.1, 0.15) is 18.5 Å². The highest BCUT2D eigenvalue weighted by Gasteiger charge is 2.46. The third-order valence-corrected chi connectivity index (χ3v) is 5.41. The molecule has 3 rings (SSSR count). The predicted octanol–water partition coefficient (Wildman–Crippen LogP) is 4.10. The zero-order valence-electron chi connectivity index (χ0n) is 16.9. The number of ether oxygens (including phenoxy) is 4. The van der Waals surface area contributed by atoms with Crippen molar-refractivity contribution in [2.24, 2.45) is 0 Å². The lowest BCUT2D eigenvalue weighted by molar-refractivity contribution is -0.358. The summed E-state index contributed by atoms with van der Waals surface area (Å²) in [6, 6.07) is 6.03. The molecule has 0 aromatic heterocycles. The maximum Gasteiger partial charge on any atom is 0.522 e. The molecule has 32 heavy (non-hydrogen) atoms. The molecule has 0 radical (unpaired) electrons.